The monoisotopic (exact) mass is 204 g/mol. The van der Waals surface area contributed by atoms with Gasteiger partial charge in [0.25, 0.3) is 0 Å². The average molecular weight is 204 g/mol. The highest BCUT2D eigenvalue weighted by molar-refractivity contribution is 5.76. The van der Waals surface area contributed by atoms with Gasteiger partial charge in [0.15, 0.2) is 0 Å². The van der Waals surface area contributed by atoms with Gasteiger partial charge in [0, 0.05) is 25.4 Å². The van der Waals surface area contributed by atoms with Crippen molar-refractivity contribution < 1.29 is 4.79 Å². The normalized spacial score (nSPS) is 9.60. The number of carbonyl (C=O) groups excluding carboxylic acids is 1. The largest absolute Gasteiger partial charge is 0.356 e. The van der Waals surface area contributed by atoms with Gasteiger partial charge in [0.05, 0.1) is 0 Å². The SMILES string of the molecule is C=CCCNC(=O)CCc1ccncc1. The Morgan fingerprint density at radius 1 is 1.47 bits per heavy atom. The maximum atomic E-state index is 11.3. The smallest absolute Gasteiger partial charge is 0.220 e. The fourth-order valence-electron chi connectivity index (χ4n) is 1.21. The number of aromatic nitrogens is 1. The Kier molecular flexibility index (Phi) is 5.15. The first-order chi connectivity index (χ1) is 7.33. The summed E-state index contributed by atoms with van der Waals surface area (Å²) in [6.07, 6.45) is 7.39. The summed E-state index contributed by atoms with van der Waals surface area (Å²) in [6, 6.07) is 3.86. The van der Waals surface area contributed by atoms with Crippen LogP contribution in [0.5, 0.6) is 0 Å². The summed E-state index contributed by atoms with van der Waals surface area (Å²) in [4.78, 5) is 15.3. The second-order valence-electron chi connectivity index (χ2n) is 3.28. The number of rotatable bonds is 6. The number of hydrogen-bond donors (Lipinski definition) is 1. The summed E-state index contributed by atoms with van der Waals surface area (Å²) in [6.45, 7) is 4.27. The van der Waals surface area contributed by atoms with Gasteiger partial charge in [0.1, 0.15) is 0 Å². The zero-order valence-electron chi connectivity index (χ0n) is 8.78. The van der Waals surface area contributed by atoms with E-state index in [1.807, 2.05) is 12.1 Å². The summed E-state index contributed by atoms with van der Waals surface area (Å²) in [7, 11) is 0. The van der Waals surface area contributed by atoms with Gasteiger partial charge in [-0.25, -0.2) is 0 Å². The molecular formula is C12H16N2O. The molecule has 0 aromatic carbocycles. The van der Waals surface area contributed by atoms with E-state index in [0.29, 0.717) is 13.0 Å². The molecule has 0 saturated heterocycles. The third-order valence-electron chi connectivity index (χ3n) is 2.06. The molecule has 0 unspecified atom stereocenters. The number of carbonyl (C=O) groups is 1. The van der Waals surface area contributed by atoms with Crippen LogP contribution in [0.4, 0.5) is 0 Å². The minimum absolute atomic E-state index is 0.0914. The molecule has 15 heavy (non-hydrogen) atoms. The van der Waals surface area contributed by atoms with Crippen LogP contribution in [-0.4, -0.2) is 17.4 Å². The van der Waals surface area contributed by atoms with Crippen molar-refractivity contribution in [2.45, 2.75) is 19.3 Å². The predicted molar refractivity (Wildman–Crippen MR) is 60.4 cm³/mol. The quantitative estimate of drug-likeness (QED) is 0.566. The fourth-order valence-corrected chi connectivity index (χ4v) is 1.21. The van der Waals surface area contributed by atoms with Gasteiger partial charge in [-0.2, -0.15) is 0 Å². The van der Waals surface area contributed by atoms with E-state index in [4.69, 9.17) is 0 Å². The second-order valence-corrected chi connectivity index (χ2v) is 3.28. The number of nitrogens with one attached hydrogen (secondary N) is 1. The summed E-state index contributed by atoms with van der Waals surface area (Å²) in [5.41, 5.74) is 1.14. The van der Waals surface area contributed by atoms with Crippen molar-refractivity contribution in [3.8, 4) is 0 Å². The summed E-state index contributed by atoms with van der Waals surface area (Å²) in [5.74, 6) is 0.0914. The first-order valence-corrected chi connectivity index (χ1v) is 5.09. The lowest BCUT2D eigenvalue weighted by Gasteiger charge is -2.03. The van der Waals surface area contributed by atoms with Gasteiger partial charge < -0.3 is 5.32 Å². The molecule has 0 radical (unpaired) electrons. The Morgan fingerprint density at radius 2 is 2.20 bits per heavy atom. The van der Waals surface area contributed by atoms with Crippen LogP contribution < -0.4 is 5.32 Å². The predicted octanol–water partition coefficient (Wildman–Crippen LogP) is 1.71. The minimum atomic E-state index is 0.0914. The van der Waals surface area contributed by atoms with E-state index < -0.39 is 0 Å². The minimum Gasteiger partial charge on any atom is -0.356 e. The lowest BCUT2D eigenvalue weighted by atomic mass is 10.1. The van der Waals surface area contributed by atoms with Crippen molar-refractivity contribution in [1.82, 2.24) is 10.3 Å². The van der Waals surface area contributed by atoms with E-state index >= 15 is 0 Å². The molecule has 3 heteroatoms. The number of amides is 1. The second kappa shape index (κ2) is 6.76. The standard InChI is InChI=1S/C12H16N2O/c1-2-3-8-14-12(15)5-4-11-6-9-13-10-7-11/h2,6-7,9-10H,1,3-5,8H2,(H,14,15). The molecule has 0 aliphatic carbocycles. The Hall–Kier alpha value is -1.64. The first-order valence-electron chi connectivity index (χ1n) is 5.09. The van der Waals surface area contributed by atoms with Gasteiger partial charge in [-0.1, -0.05) is 6.08 Å². The van der Waals surface area contributed by atoms with Crippen LogP contribution in [0.3, 0.4) is 0 Å². The van der Waals surface area contributed by atoms with Crippen molar-refractivity contribution >= 4 is 5.91 Å². The van der Waals surface area contributed by atoms with E-state index in [1.165, 1.54) is 0 Å². The molecule has 1 aromatic rings. The summed E-state index contributed by atoms with van der Waals surface area (Å²) < 4.78 is 0. The molecule has 80 valence electrons. The molecule has 1 N–H and O–H groups in total. The van der Waals surface area contributed by atoms with E-state index in [9.17, 15) is 4.79 Å². The summed E-state index contributed by atoms with van der Waals surface area (Å²) >= 11 is 0. The maximum absolute atomic E-state index is 11.3. The molecular weight excluding hydrogens is 188 g/mol. The molecule has 0 bridgehead atoms. The van der Waals surface area contributed by atoms with Gasteiger partial charge in [-0.3, -0.25) is 9.78 Å². The van der Waals surface area contributed by atoms with Crippen LogP contribution in [0.25, 0.3) is 0 Å². The van der Waals surface area contributed by atoms with E-state index in [0.717, 1.165) is 18.4 Å². The lowest BCUT2D eigenvalue weighted by Crippen LogP contribution is -2.24. The molecule has 1 aromatic heterocycles. The Balaban J connectivity index is 2.20. The lowest BCUT2D eigenvalue weighted by molar-refractivity contribution is -0.121. The molecule has 0 aliphatic rings. The number of aryl methyl sites for hydroxylation is 1. The summed E-state index contributed by atoms with van der Waals surface area (Å²) in [5, 5.41) is 2.83. The Labute approximate surface area is 90.2 Å². The van der Waals surface area contributed by atoms with Crippen LogP contribution in [0.1, 0.15) is 18.4 Å². The van der Waals surface area contributed by atoms with E-state index in [2.05, 4.69) is 16.9 Å². The zero-order valence-corrected chi connectivity index (χ0v) is 8.78. The fraction of sp³-hybridized carbons (Fsp3) is 0.333. The average Bonchev–Trinajstić information content (AvgIpc) is 2.28. The molecule has 0 saturated carbocycles. The van der Waals surface area contributed by atoms with Crippen LogP contribution in [0, 0.1) is 0 Å². The first kappa shape index (κ1) is 11.4. The highest BCUT2D eigenvalue weighted by Gasteiger charge is 2.00. The van der Waals surface area contributed by atoms with Crippen molar-refractivity contribution in [3.63, 3.8) is 0 Å². The van der Waals surface area contributed by atoms with Crippen molar-refractivity contribution in [2.75, 3.05) is 6.54 Å². The Morgan fingerprint density at radius 3 is 2.87 bits per heavy atom. The molecule has 1 rings (SSSR count). The molecule has 0 spiro atoms. The highest BCUT2D eigenvalue weighted by atomic mass is 16.1. The topological polar surface area (TPSA) is 42.0 Å². The van der Waals surface area contributed by atoms with Gasteiger partial charge >= 0.3 is 0 Å². The van der Waals surface area contributed by atoms with Crippen LogP contribution >= 0.6 is 0 Å². The molecule has 0 atom stereocenters. The van der Waals surface area contributed by atoms with Crippen molar-refractivity contribution in [3.05, 3.63) is 42.7 Å². The third-order valence-corrected chi connectivity index (χ3v) is 2.06. The highest BCUT2D eigenvalue weighted by Crippen LogP contribution is 2.00. The van der Waals surface area contributed by atoms with Crippen LogP contribution in [0.2, 0.25) is 0 Å². The number of pyridine rings is 1. The number of nitrogens with zero attached hydrogens (tertiary/aromatic N) is 1. The Bertz CT molecular complexity index is 309. The molecule has 0 fully saturated rings. The third kappa shape index (κ3) is 4.96. The molecule has 3 nitrogen and oxygen atoms in total. The van der Waals surface area contributed by atoms with Crippen molar-refractivity contribution in [2.24, 2.45) is 0 Å². The van der Waals surface area contributed by atoms with Crippen molar-refractivity contribution in [1.29, 1.82) is 0 Å². The number of hydrogen-bond acceptors (Lipinski definition) is 2. The molecule has 1 heterocycles. The van der Waals surface area contributed by atoms with Crippen LogP contribution in [0.15, 0.2) is 37.2 Å². The molecule has 0 aliphatic heterocycles. The van der Waals surface area contributed by atoms with Gasteiger partial charge in [-0.15, -0.1) is 6.58 Å². The van der Waals surface area contributed by atoms with Gasteiger partial charge in [-0.05, 0) is 30.5 Å². The molecule has 1 amide bonds. The zero-order chi connectivity index (χ0) is 10.9. The van der Waals surface area contributed by atoms with Crippen LogP contribution in [-0.2, 0) is 11.2 Å². The maximum Gasteiger partial charge on any atom is 0.220 e. The van der Waals surface area contributed by atoms with E-state index in [-0.39, 0.29) is 5.91 Å². The van der Waals surface area contributed by atoms with E-state index in [1.54, 1.807) is 18.5 Å². The van der Waals surface area contributed by atoms with Gasteiger partial charge in [0.2, 0.25) is 5.91 Å².